The van der Waals surface area contributed by atoms with Crippen LogP contribution in [0.25, 0.3) is 0 Å². The predicted molar refractivity (Wildman–Crippen MR) is 82.9 cm³/mol. The minimum atomic E-state index is -0.729. The van der Waals surface area contributed by atoms with Crippen LogP contribution in [-0.4, -0.2) is 40.7 Å². The number of aliphatic imine (C=N–C) groups is 1. The van der Waals surface area contributed by atoms with Crippen molar-refractivity contribution in [1.29, 1.82) is 0 Å². The van der Waals surface area contributed by atoms with E-state index in [1.807, 2.05) is 27.7 Å². The zero-order valence-electron chi connectivity index (χ0n) is 13.9. The number of carbonyl (C=O) groups is 2. The number of fused-ring (bicyclic) bond motifs is 1. The third kappa shape index (κ3) is 2.27. The molecule has 2 amide bonds. The highest BCUT2D eigenvalue weighted by Crippen LogP contribution is 2.39. The number of amidine groups is 1. The van der Waals surface area contributed by atoms with Gasteiger partial charge in [-0.25, -0.2) is 0 Å². The Hall–Kier alpha value is -1.39. The molecule has 0 bridgehead atoms. The van der Waals surface area contributed by atoms with Gasteiger partial charge in [0.15, 0.2) is 0 Å². The standard InChI is InChI=1S/C16H27N3O2/c1-7-11(6)13-14-18-16(9(2)3,10(4)5)15(21)19(14)8-12(20)17-13/h9-11,13H,7-8H2,1-6H3,(H,17,20). The molecule has 0 saturated carbocycles. The molecular formula is C16H27N3O2. The first-order chi connectivity index (χ1) is 9.75. The Labute approximate surface area is 127 Å². The van der Waals surface area contributed by atoms with Crippen molar-refractivity contribution in [2.45, 2.75) is 59.5 Å². The number of nitrogens with zero attached hydrogens (tertiary/aromatic N) is 2. The van der Waals surface area contributed by atoms with Gasteiger partial charge in [-0.05, 0) is 17.8 Å². The van der Waals surface area contributed by atoms with Crippen LogP contribution in [0.4, 0.5) is 0 Å². The van der Waals surface area contributed by atoms with Gasteiger partial charge in [0, 0.05) is 0 Å². The van der Waals surface area contributed by atoms with Crippen LogP contribution >= 0.6 is 0 Å². The Morgan fingerprint density at radius 3 is 2.29 bits per heavy atom. The third-order valence-electron chi connectivity index (χ3n) is 5.03. The van der Waals surface area contributed by atoms with Gasteiger partial charge in [0.1, 0.15) is 17.9 Å². The van der Waals surface area contributed by atoms with Crippen LogP contribution in [-0.2, 0) is 9.59 Å². The average molecular weight is 293 g/mol. The summed E-state index contributed by atoms with van der Waals surface area (Å²) in [7, 11) is 0. The fourth-order valence-corrected chi connectivity index (χ4v) is 3.49. The van der Waals surface area contributed by atoms with Gasteiger partial charge < -0.3 is 5.32 Å². The van der Waals surface area contributed by atoms with Crippen LogP contribution in [0.1, 0.15) is 48.0 Å². The maximum absolute atomic E-state index is 13.0. The van der Waals surface area contributed by atoms with Crippen LogP contribution in [0.3, 0.4) is 0 Å². The van der Waals surface area contributed by atoms with Gasteiger partial charge in [-0.1, -0.05) is 48.0 Å². The van der Waals surface area contributed by atoms with Crippen LogP contribution < -0.4 is 5.32 Å². The number of rotatable bonds is 4. The van der Waals surface area contributed by atoms with E-state index in [9.17, 15) is 9.59 Å². The molecule has 1 fully saturated rings. The number of nitrogens with one attached hydrogen (secondary N) is 1. The summed E-state index contributed by atoms with van der Waals surface area (Å²) in [5, 5.41) is 3.01. The van der Waals surface area contributed by atoms with E-state index < -0.39 is 5.54 Å². The maximum atomic E-state index is 13.0. The quantitative estimate of drug-likeness (QED) is 0.859. The summed E-state index contributed by atoms with van der Waals surface area (Å²) in [5.74, 6) is 1.14. The molecule has 2 atom stereocenters. The van der Waals surface area contributed by atoms with E-state index >= 15 is 0 Å². The molecule has 5 nitrogen and oxygen atoms in total. The van der Waals surface area contributed by atoms with Crippen molar-refractivity contribution < 1.29 is 9.59 Å². The molecule has 21 heavy (non-hydrogen) atoms. The fourth-order valence-electron chi connectivity index (χ4n) is 3.49. The summed E-state index contributed by atoms with van der Waals surface area (Å²) >= 11 is 0. The molecule has 2 heterocycles. The van der Waals surface area contributed by atoms with Gasteiger partial charge in [0.25, 0.3) is 5.91 Å². The maximum Gasteiger partial charge on any atom is 0.256 e. The van der Waals surface area contributed by atoms with Gasteiger partial charge in [0.05, 0.1) is 6.04 Å². The van der Waals surface area contributed by atoms with Crippen molar-refractivity contribution in [3.8, 4) is 0 Å². The van der Waals surface area contributed by atoms with Crippen molar-refractivity contribution in [3.05, 3.63) is 0 Å². The molecule has 2 unspecified atom stereocenters. The summed E-state index contributed by atoms with van der Waals surface area (Å²) in [5.41, 5.74) is -0.729. The van der Waals surface area contributed by atoms with Gasteiger partial charge in [-0.2, -0.15) is 0 Å². The molecule has 1 saturated heterocycles. The van der Waals surface area contributed by atoms with E-state index in [-0.39, 0.29) is 42.2 Å². The van der Waals surface area contributed by atoms with E-state index in [0.717, 1.165) is 12.3 Å². The smallest absolute Gasteiger partial charge is 0.256 e. The Balaban J connectivity index is 2.50. The van der Waals surface area contributed by atoms with Gasteiger partial charge >= 0.3 is 0 Å². The van der Waals surface area contributed by atoms with Crippen LogP contribution in [0.5, 0.6) is 0 Å². The van der Waals surface area contributed by atoms with E-state index in [0.29, 0.717) is 0 Å². The number of piperazine rings is 1. The van der Waals surface area contributed by atoms with Crippen LogP contribution in [0.15, 0.2) is 4.99 Å². The molecule has 5 heteroatoms. The molecule has 0 aliphatic carbocycles. The first-order valence-electron chi connectivity index (χ1n) is 7.96. The van der Waals surface area contributed by atoms with Crippen LogP contribution in [0, 0.1) is 17.8 Å². The summed E-state index contributed by atoms with van der Waals surface area (Å²) in [4.78, 5) is 31.5. The van der Waals surface area contributed by atoms with E-state index in [2.05, 4.69) is 19.2 Å². The van der Waals surface area contributed by atoms with E-state index in [4.69, 9.17) is 4.99 Å². The second kappa shape index (κ2) is 5.43. The molecule has 1 N–H and O–H groups in total. The highest BCUT2D eigenvalue weighted by atomic mass is 16.2. The Bertz CT molecular complexity index is 474. The van der Waals surface area contributed by atoms with E-state index in [1.54, 1.807) is 4.90 Å². The lowest BCUT2D eigenvalue weighted by Gasteiger charge is -2.35. The lowest BCUT2D eigenvalue weighted by molar-refractivity contribution is -0.138. The van der Waals surface area contributed by atoms with Crippen molar-refractivity contribution in [2.24, 2.45) is 22.7 Å². The molecule has 0 spiro atoms. The van der Waals surface area contributed by atoms with Gasteiger partial charge in [0.2, 0.25) is 5.91 Å². The van der Waals surface area contributed by atoms with Crippen molar-refractivity contribution in [3.63, 3.8) is 0 Å². The van der Waals surface area contributed by atoms with Gasteiger partial charge in [-0.15, -0.1) is 0 Å². The molecule has 2 rings (SSSR count). The zero-order chi connectivity index (χ0) is 15.9. The normalized spacial score (nSPS) is 26.0. The second-order valence-electron chi connectivity index (χ2n) is 6.93. The van der Waals surface area contributed by atoms with Crippen molar-refractivity contribution in [1.82, 2.24) is 10.2 Å². The minimum Gasteiger partial charge on any atom is -0.344 e. The molecule has 118 valence electrons. The number of carbonyl (C=O) groups excluding carboxylic acids is 2. The molecule has 2 aliphatic rings. The second-order valence-corrected chi connectivity index (χ2v) is 6.93. The van der Waals surface area contributed by atoms with Crippen molar-refractivity contribution in [2.75, 3.05) is 6.54 Å². The molecule has 2 aliphatic heterocycles. The molecule has 0 radical (unpaired) electrons. The first-order valence-corrected chi connectivity index (χ1v) is 7.96. The fraction of sp³-hybridized carbons (Fsp3) is 0.812. The highest BCUT2D eigenvalue weighted by molar-refractivity contribution is 6.14. The zero-order valence-corrected chi connectivity index (χ0v) is 13.9. The SMILES string of the molecule is CCC(C)C1NC(=O)CN2C(=O)C(C(C)C)(C(C)C)N=C12. The molecule has 0 aromatic carbocycles. The minimum absolute atomic E-state index is 0.00865. The topological polar surface area (TPSA) is 61.8 Å². The van der Waals surface area contributed by atoms with Crippen molar-refractivity contribution >= 4 is 17.6 Å². The first kappa shape index (κ1) is 16.0. The lowest BCUT2D eigenvalue weighted by Crippen LogP contribution is -2.61. The third-order valence-corrected chi connectivity index (χ3v) is 5.03. The molecular weight excluding hydrogens is 266 g/mol. The lowest BCUT2D eigenvalue weighted by atomic mass is 9.77. The summed E-state index contributed by atoms with van der Waals surface area (Å²) < 4.78 is 0. The number of hydrogen-bond donors (Lipinski definition) is 1. The summed E-state index contributed by atoms with van der Waals surface area (Å²) in [6.07, 6.45) is 0.933. The Kier molecular flexibility index (Phi) is 4.13. The monoisotopic (exact) mass is 293 g/mol. The molecule has 0 aromatic rings. The Morgan fingerprint density at radius 1 is 1.24 bits per heavy atom. The summed E-state index contributed by atoms with van der Waals surface area (Å²) in [6, 6.07) is -0.153. The van der Waals surface area contributed by atoms with Gasteiger partial charge in [-0.3, -0.25) is 19.5 Å². The highest BCUT2D eigenvalue weighted by Gasteiger charge is 2.55. The summed E-state index contributed by atoms with van der Waals surface area (Å²) in [6.45, 7) is 12.4. The van der Waals surface area contributed by atoms with E-state index in [1.165, 1.54) is 0 Å². The largest absolute Gasteiger partial charge is 0.344 e. The number of amides is 2. The average Bonchev–Trinajstić information content (AvgIpc) is 2.72. The number of hydrogen-bond acceptors (Lipinski definition) is 3. The molecule has 0 aromatic heterocycles. The Morgan fingerprint density at radius 2 is 1.81 bits per heavy atom. The predicted octanol–water partition coefficient (Wildman–Crippen LogP) is 1.82. The van der Waals surface area contributed by atoms with Crippen LogP contribution in [0.2, 0.25) is 0 Å².